The average Bonchev–Trinajstić information content (AvgIpc) is 2.36. The van der Waals surface area contributed by atoms with Crippen LogP contribution in [0.4, 0.5) is 13.2 Å². The molecule has 112 valence electrons. The van der Waals surface area contributed by atoms with Crippen LogP contribution in [0.1, 0.15) is 34.0 Å². The first-order chi connectivity index (χ1) is 9.18. The van der Waals surface area contributed by atoms with E-state index in [0.29, 0.717) is 11.4 Å². The van der Waals surface area contributed by atoms with Gasteiger partial charge in [-0.2, -0.15) is 13.2 Å². The molecular weight excluding hydrogens is 345 g/mol. The van der Waals surface area contributed by atoms with E-state index in [0.717, 1.165) is 12.1 Å². The van der Waals surface area contributed by atoms with Gasteiger partial charge in [0.1, 0.15) is 6.10 Å². The molecule has 2 unspecified atom stereocenters. The van der Waals surface area contributed by atoms with E-state index in [2.05, 4.69) is 15.9 Å². The van der Waals surface area contributed by atoms with Gasteiger partial charge in [0.25, 0.3) is 0 Å². The van der Waals surface area contributed by atoms with Crippen molar-refractivity contribution in [3.8, 4) is 0 Å². The van der Waals surface area contributed by atoms with Crippen molar-refractivity contribution in [3.05, 3.63) is 34.9 Å². The molecule has 8 heteroatoms. The second kappa shape index (κ2) is 6.55. The molecule has 0 saturated heterocycles. The van der Waals surface area contributed by atoms with Crippen LogP contribution in [0.3, 0.4) is 0 Å². The van der Waals surface area contributed by atoms with Gasteiger partial charge >= 0.3 is 12.1 Å². The molecule has 0 amide bonds. The molecule has 1 aromatic rings. The molecule has 2 atom stereocenters. The summed E-state index contributed by atoms with van der Waals surface area (Å²) in [4.78, 5) is 10.8. The summed E-state index contributed by atoms with van der Waals surface area (Å²) in [5, 5.41) is 28.4. The predicted molar refractivity (Wildman–Crippen MR) is 67.8 cm³/mol. The zero-order valence-electron chi connectivity index (χ0n) is 10.1. The normalized spacial score (nSPS) is 14.9. The van der Waals surface area contributed by atoms with Gasteiger partial charge in [0.05, 0.1) is 17.2 Å². The van der Waals surface area contributed by atoms with Crippen molar-refractivity contribution in [2.24, 2.45) is 0 Å². The zero-order chi connectivity index (χ0) is 15.5. The standard InChI is InChI=1S/C12H12BrF3O4/c13-4-3-9(17)10(18)6-1-2-7(11(19)20)8(5-6)12(14,15)16/h1-2,5,9-10,17-18H,3-4H2,(H,19,20). The Morgan fingerprint density at radius 2 is 1.90 bits per heavy atom. The molecule has 0 fully saturated rings. The van der Waals surface area contributed by atoms with Gasteiger partial charge in [0.15, 0.2) is 0 Å². The van der Waals surface area contributed by atoms with Crippen molar-refractivity contribution in [2.75, 3.05) is 5.33 Å². The Morgan fingerprint density at radius 1 is 1.30 bits per heavy atom. The highest BCUT2D eigenvalue weighted by Crippen LogP contribution is 2.34. The number of aliphatic hydroxyl groups is 2. The molecule has 0 aliphatic carbocycles. The number of hydrogen-bond donors (Lipinski definition) is 3. The van der Waals surface area contributed by atoms with Gasteiger partial charge in [-0.25, -0.2) is 4.79 Å². The molecule has 0 aliphatic rings. The Kier molecular flexibility index (Phi) is 5.55. The molecule has 0 bridgehead atoms. The van der Waals surface area contributed by atoms with E-state index in [1.54, 1.807) is 0 Å². The van der Waals surface area contributed by atoms with Crippen LogP contribution in [0.15, 0.2) is 18.2 Å². The number of carboxylic acids is 1. The Bertz CT molecular complexity index is 490. The summed E-state index contributed by atoms with van der Waals surface area (Å²) in [5.74, 6) is -1.71. The molecule has 0 saturated carbocycles. The van der Waals surface area contributed by atoms with Crippen LogP contribution in [0.25, 0.3) is 0 Å². The third kappa shape index (κ3) is 3.94. The first-order valence-electron chi connectivity index (χ1n) is 5.55. The molecule has 20 heavy (non-hydrogen) atoms. The van der Waals surface area contributed by atoms with Gasteiger partial charge in [-0.05, 0) is 24.1 Å². The molecular formula is C12H12BrF3O4. The lowest BCUT2D eigenvalue weighted by Crippen LogP contribution is -2.20. The minimum atomic E-state index is -4.86. The fourth-order valence-electron chi connectivity index (χ4n) is 1.66. The van der Waals surface area contributed by atoms with Gasteiger partial charge in [-0.3, -0.25) is 0 Å². The van der Waals surface area contributed by atoms with E-state index in [-0.39, 0.29) is 12.0 Å². The first-order valence-corrected chi connectivity index (χ1v) is 6.67. The first kappa shape index (κ1) is 16.9. The van der Waals surface area contributed by atoms with Crippen LogP contribution >= 0.6 is 15.9 Å². The molecule has 4 nitrogen and oxygen atoms in total. The quantitative estimate of drug-likeness (QED) is 0.708. The fraction of sp³-hybridized carbons (Fsp3) is 0.417. The summed E-state index contributed by atoms with van der Waals surface area (Å²) in [7, 11) is 0. The lowest BCUT2D eigenvalue weighted by atomic mass is 9.97. The molecule has 0 aromatic heterocycles. The Morgan fingerprint density at radius 3 is 2.35 bits per heavy atom. The maximum absolute atomic E-state index is 12.8. The second-order valence-electron chi connectivity index (χ2n) is 4.10. The number of carboxylic acid groups (broad SMARTS) is 1. The number of halogens is 4. The Labute approximate surface area is 121 Å². The maximum atomic E-state index is 12.8. The smallest absolute Gasteiger partial charge is 0.417 e. The van der Waals surface area contributed by atoms with Gasteiger partial charge in [0.2, 0.25) is 0 Å². The van der Waals surface area contributed by atoms with Crippen molar-refractivity contribution >= 4 is 21.9 Å². The highest BCUT2D eigenvalue weighted by Gasteiger charge is 2.36. The number of benzene rings is 1. The van der Waals surface area contributed by atoms with Crippen LogP contribution in [0, 0.1) is 0 Å². The maximum Gasteiger partial charge on any atom is 0.417 e. The average molecular weight is 357 g/mol. The van der Waals surface area contributed by atoms with E-state index < -0.39 is 35.5 Å². The van der Waals surface area contributed by atoms with E-state index >= 15 is 0 Å². The fourth-order valence-corrected chi connectivity index (χ4v) is 2.13. The van der Waals surface area contributed by atoms with Crippen LogP contribution < -0.4 is 0 Å². The highest BCUT2D eigenvalue weighted by atomic mass is 79.9. The largest absolute Gasteiger partial charge is 0.478 e. The Balaban J connectivity index is 3.23. The molecule has 0 radical (unpaired) electrons. The van der Waals surface area contributed by atoms with Crippen LogP contribution in [0.2, 0.25) is 0 Å². The highest BCUT2D eigenvalue weighted by molar-refractivity contribution is 9.09. The minimum absolute atomic E-state index is 0.142. The topological polar surface area (TPSA) is 77.8 Å². The molecule has 0 aliphatic heterocycles. The number of carbonyl (C=O) groups is 1. The van der Waals surface area contributed by atoms with Gasteiger partial charge in [-0.15, -0.1) is 0 Å². The summed E-state index contributed by atoms with van der Waals surface area (Å²) in [6.07, 6.45) is -7.48. The van der Waals surface area contributed by atoms with Crippen molar-refractivity contribution in [1.29, 1.82) is 0 Å². The lowest BCUT2D eigenvalue weighted by Gasteiger charge is -2.19. The third-order valence-electron chi connectivity index (χ3n) is 2.69. The number of hydrogen-bond acceptors (Lipinski definition) is 3. The molecule has 1 aromatic carbocycles. The van der Waals surface area contributed by atoms with E-state index in [9.17, 15) is 28.2 Å². The lowest BCUT2D eigenvalue weighted by molar-refractivity contribution is -0.138. The predicted octanol–water partition coefficient (Wildman–Crippen LogP) is 2.58. The number of aromatic carboxylic acids is 1. The van der Waals surface area contributed by atoms with E-state index in [1.807, 2.05) is 0 Å². The van der Waals surface area contributed by atoms with Gasteiger partial charge in [-0.1, -0.05) is 22.0 Å². The van der Waals surface area contributed by atoms with Crippen LogP contribution in [-0.4, -0.2) is 32.7 Å². The number of rotatable bonds is 5. The van der Waals surface area contributed by atoms with Crippen molar-refractivity contribution < 1.29 is 33.3 Å². The summed E-state index contributed by atoms with van der Waals surface area (Å²) in [6.45, 7) is 0. The summed E-state index contributed by atoms with van der Waals surface area (Å²) in [5.41, 5.74) is -2.44. The number of alkyl halides is 4. The summed E-state index contributed by atoms with van der Waals surface area (Å²) >= 11 is 3.04. The van der Waals surface area contributed by atoms with Crippen molar-refractivity contribution in [3.63, 3.8) is 0 Å². The van der Waals surface area contributed by atoms with Crippen LogP contribution in [-0.2, 0) is 6.18 Å². The van der Waals surface area contributed by atoms with Gasteiger partial charge < -0.3 is 15.3 Å². The second-order valence-corrected chi connectivity index (χ2v) is 4.89. The summed E-state index contributed by atoms with van der Waals surface area (Å²) < 4.78 is 38.4. The molecule has 3 N–H and O–H groups in total. The minimum Gasteiger partial charge on any atom is -0.478 e. The van der Waals surface area contributed by atoms with Crippen molar-refractivity contribution in [2.45, 2.75) is 24.8 Å². The van der Waals surface area contributed by atoms with Crippen LogP contribution in [0.5, 0.6) is 0 Å². The third-order valence-corrected chi connectivity index (χ3v) is 3.15. The Hall–Kier alpha value is -1.12. The molecule has 0 spiro atoms. The molecule has 0 heterocycles. The van der Waals surface area contributed by atoms with E-state index in [1.165, 1.54) is 0 Å². The number of aliphatic hydroxyl groups excluding tert-OH is 2. The summed E-state index contributed by atoms with van der Waals surface area (Å²) in [6, 6.07) is 2.37. The SMILES string of the molecule is O=C(O)c1ccc(C(O)C(O)CCBr)cc1C(F)(F)F. The zero-order valence-corrected chi connectivity index (χ0v) is 11.6. The van der Waals surface area contributed by atoms with Crippen molar-refractivity contribution in [1.82, 2.24) is 0 Å². The molecule has 1 rings (SSSR count). The monoisotopic (exact) mass is 356 g/mol. The van der Waals surface area contributed by atoms with Gasteiger partial charge in [0, 0.05) is 5.33 Å². The van der Waals surface area contributed by atoms with E-state index in [4.69, 9.17) is 5.11 Å².